The van der Waals surface area contributed by atoms with E-state index in [9.17, 15) is 5.11 Å². The van der Waals surface area contributed by atoms with E-state index >= 15 is 0 Å². The fourth-order valence-electron chi connectivity index (χ4n) is 4.13. The fraction of sp³-hybridized carbons (Fsp3) is 0.524. The first kappa shape index (κ1) is 17.4. The van der Waals surface area contributed by atoms with Crippen LogP contribution in [0.4, 0.5) is 5.95 Å². The topological polar surface area (TPSA) is 58.5 Å². The van der Waals surface area contributed by atoms with Gasteiger partial charge in [0.25, 0.3) is 0 Å². The Balaban J connectivity index is 1.47. The molecule has 2 aliphatic rings. The molecule has 2 aliphatic heterocycles. The Kier molecular flexibility index (Phi) is 4.67. The summed E-state index contributed by atoms with van der Waals surface area (Å²) in [4.78, 5) is 11.4. The molecule has 0 aliphatic carbocycles. The van der Waals surface area contributed by atoms with Gasteiger partial charge in [0.15, 0.2) is 0 Å². The van der Waals surface area contributed by atoms with Gasteiger partial charge in [-0.25, -0.2) is 9.97 Å². The summed E-state index contributed by atoms with van der Waals surface area (Å²) < 4.78 is 6.57. The van der Waals surface area contributed by atoms with E-state index in [2.05, 4.69) is 27.0 Å². The molecule has 0 unspecified atom stereocenters. The number of piperidine rings is 1. The first-order valence-corrected chi connectivity index (χ1v) is 9.51. The second-order valence-corrected chi connectivity index (χ2v) is 7.72. The molecule has 1 N–H and O–H groups in total. The number of aliphatic hydroxyl groups is 1. The van der Waals surface area contributed by atoms with Crippen molar-refractivity contribution in [2.45, 2.75) is 57.3 Å². The number of hydrogen-bond donors (Lipinski definition) is 1. The van der Waals surface area contributed by atoms with Gasteiger partial charge in [-0.3, -0.25) is 0 Å². The lowest BCUT2D eigenvalue weighted by Gasteiger charge is -2.48. The van der Waals surface area contributed by atoms with Gasteiger partial charge in [-0.1, -0.05) is 30.3 Å². The van der Waals surface area contributed by atoms with Crippen LogP contribution in [0.15, 0.2) is 36.5 Å². The quantitative estimate of drug-likeness (QED) is 0.897. The summed E-state index contributed by atoms with van der Waals surface area (Å²) in [7, 11) is 0. The van der Waals surface area contributed by atoms with Crippen LogP contribution in [0.25, 0.3) is 0 Å². The van der Waals surface area contributed by atoms with Crippen LogP contribution in [0.3, 0.4) is 0 Å². The van der Waals surface area contributed by atoms with Gasteiger partial charge in [-0.2, -0.15) is 0 Å². The molecule has 0 radical (unpaired) electrons. The van der Waals surface area contributed by atoms with Crippen LogP contribution in [-0.4, -0.2) is 39.9 Å². The Hall–Kier alpha value is -1.98. The highest BCUT2D eigenvalue weighted by atomic mass is 16.5. The van der Waals surface area contributed by atoms with E-state index in [0.717, 1.165) is 55.1 Å². The molecule has 26 heavy (non-hydrogen) atoms. The number of aliphatic hydroxyl groups excluding tert-OH is 1. The lowest BCUT2D eigenvalue weighted by atomic mass is 9.81. The molecule has 1 aromatic heterocycles. The number of nitrogens with zero attached hydrogens (tertiary/aromatic N) is 3. The molecule has 1 spiro atoms. The second kappa shape index (κ2) is 6.97. The molecule has 2 atom stereocenters. The molecule has 5 nitrogen and oxygen atoms in total. The zero-order chi connectivity index (χ0) is 18.1. The van der Waals surface area contributed by atoms with Crippen LogP contribution in [0, 0.1) is 13.8 Å². The van der Waals surface area contributed by atoms with Gasteiger partial charge in [0.1, 0.15) is 0 Å². The van der Waals surface area contributed by atoms with Crippen molar-refractivity contribution in [2.24, 2.45) is 0 Å². The van der Waals surface area contributed by atoms with E-state index in [-0.39, 0.29) is 17.8 Å². The average Bonchev–Trinajstić information content (AvgIpc) is 2.65. The van der Waals surface area contributed by atoms with Crippen LogP contribution in [0.1, 0.15) is 48.6 Å². The fourth-order valence-corrected chi connectivity index (χ4v) is 4.13. The Morgan fingerprint density at radius 1 is 1.15 bits per heavy atom. The first-order valence-electron chi connectivity index (χ1n) is 9.51. The Morgan fingerprint density at radius 3 is 2.58 bits per heavy atom. The van der Waals surface area contributed by atoms with E-state index in [1.54, 1.807) is 0 Å². The molecule has 1 aromatic carbocycles. The van der Waals surface area contributed by atoms with Crippen LogP contribution >= 0.6 is 0 Å². The summed E-state index contributed by atoms with van der Waals surface area (Å²) in [5, 5.41) is 10.5. The largest absolute Gasteiger partial charge is 0.393 e. The monoisotopic (exact) mass is 353 g/mol. The highest BCUT2D eigenvalue weighted by Gasteiger charge is 2.44. The number of hydrogen-bond acceptors (Lipinski definition) is 5. The van der Waals surface area contributed by atoms with Crippen molar-refractivity contribution in [1.29, 1.82) is 0 Å². The highest BCUT2D eigenvalue weighted by Crippen LogP contribution is 2.43. The molecular formula is C21H27N3O2. The summed E-state index contributed by atoms with van der Waals surface area (Å²) in [5.41, 5.74) is 3.06. The molecule has 0 saturated carbocycles. The van der Waals surface area contributed by atoms with Gasteiger partial charge in [0.05, 0.1) is 17.8 Å². The predicted molar refractivity (Wildman–Crippen MR) is 101 cm³/mol. The summed E-state index contributed by atoms with van der Waals surface area (Å²) in [6, 6.07) is 10.3. The van der Waals surface area contributed by atoms with Gasteiger partial charge in [0, 0.05) is 37.8 Å². The summed E-state index contributed by atoms with van der Waals surface area (Å²) in [6.45, 7) is 5.77. The van der Waals surface area contributed by atoms with Crippen molar-refractivity contribution < 1.29 is 9.84 Å². The van der Waals surface area contributed by atoms with Crippen LogP contribution in [0.2, 0.25) is 0 Å². The Labute approximate surface area is 155 Å². The molecule has 0 bridgehead atoms. The molecule has 2 aromatic rings. The predicted octanol–water partition coefficient (Wildman–Crippen LogP) is 3.35. The minimum Gasteiger partial charge on any atom is -0.393 e. The third-order valence-electron chi connectivity index (χ3n) is 5.83. The Bertz CT molecular complexity index is 757. The SMILES string of the molecule is Cc1cnc(N2CCC3(CC2)C[C@H](O)C[C@H](c2ccccc2)O3)nc1C. The number of aryl methyl sites for hydroxylation is 2. The van der Waals surface area contributed by atoms with Gasteiger partial charge in [-0.15, -0.1) is 0 Å². The van der Waals surface area contributed by atoms with Crippen LogP contribution in [0.5, 0.6) is 0 Å². The van der Waals surface area contributed by atoms with Crippen LogP contribution in [-0.2, 0) is 4.74 Å². The number of benzene rings is 1. The number of rotatable bonds is 2. The lowest BCUT2D eigenvalue weighted by molar-refractivity contribution is -0.173. The summed E-state index contributed by atoms with van der Waals surface area (Å²) in [6.07, 6.45) is 4.75. The molecule has 2 saturated heterocycles. The van der Waals surface area contributed by atoms with Gasteiger partial charge < -0.3 is 14.7 Å². The van der Waals surface area contributed by atoms with E-state index in [1.165, 1.54) is 0 Å². The minimum absolute atomic E-state index is 0.0237. The average molecular weight is 353 g/mol. The first-order chi connectivity index (χ1) is 12.5. The van der Waals surface area contributed by atoms with Crippen LogP contribution < -0.4 is 4.90 Å². The number of anilines is 1. The van der Waals surface area contributed by atoms with Gasteiger partial charge >= 0.3 is 0 Å². The third-order valence-corrected chi connectivity index (χ3v) is 5.83. The molecule has 5 heteroatoms. The molecular weight excluding hydrogens is 326 g/mol. The van der Waals surface area contributed by atoms with Crippen molar-refractivity contribution in [2.75, 3.05) is 18.0 Å². The van der Waals surface area contributed by atoms with Gasteiger partial charge in [0.2, 0.25) is 5.95 Å². The zero-order valence-electron chi connectivity index (χ0n) is 15.6. The van der Waals surface area contributed by atoms with Crippen molar-refractivity contribution in [3.8, 4) is 0 Å². The summed E-state index contributed by atoms with van der Waals surface area (Å²) in [5.74, 6) is 0.805. The normalized spacial score (nSPS) is 25.4. The van der Waals surface area contributed by atoms with Crippen molar-refractivity contribution >= 4 is 5.95 Å². The van der Waals surface area contributed by atoms with Gasteiger partial charge in [-0.05, 0) is 37.8 Å². The smallest absolute Gasteiger partial charge is 0.225 e. The maximum absolute atomic E-state index is 10.5. The highest BCUT2D eigenvalue weighted by molar-refractivity contribution is 5.33. The summed E-state index contributed by atoms with van der Waals surface area (Å²) >= 11 is 0. The standard InChI is InChI=1S/C21H27N3O2/c1-15-14-22-20(23-16(15)2)24-10-8-21(9-11-24)13-18(25)12-19(26-21)17-6-4-3-5-7-17/h3-7,14,18-19,25H,8-13H2,1-2H3/t18-,19-/m1/s1. The molecule has 138 valence electrons. The van der Waals surface area contributed by atoms with E-state index in [0.29, 0.717) is 6.42 Å². The minimum atomic E-state index is -0.307. The third kappa shape index (κ3) is 3.46. The Morgan fingerprint density at radius 2 is 1.88 bits per heavy atom. The number of aromatic nitrogens is 2. The van der Waals surface area contributed by atoms with Crippen molar-refractivity contribution in [1.82, 2.24) is 9.97 Å². The second-order valence-electron chi connectivity index (χ2n) is 7.72. The maximum Gasteiger partial charge on any atom is 0.225 e. The maximum atomic E-state index is 10.5. The molecule has 4 rings (SSSR count). The molecule has 3 heterocycles. The number of ether oxygens (including phenoxy) is 1. The zero-order valence-corrected chi connectivity index (χ0v) is 15.6. The van der Waals surface area contributed by atoms with Crippen molar-refractivity contribution in [3.05, 3.63) is 53.3 Å². The molecule has 0 amide bonds. The molecule has 2 fully saturated rings. The lowest BCUT2D eigenvalue weighted by Crippen LogP contribution is -2.51. The van der Waals surface area contributed by atoms with Crippen molar-refractivity contribution in [3.63, 3.8) is 0 Å². The van der Waals surface area contributed by atoms with E-state index in [4.69, 9.17) is 4.74 Å². The van der Waals surface area contributed by atoms with E-state index < -0.39 is 0 Å². The van der Waals surface area contributed by atoms with E-state index in [1.807, 2.05) is 38.2 Å².